The van der Waals surface area contributed by atoms with Gasteiger partial charge in [0.25, 0.3) is 0 Å². The van der Waals surface area contributed by atoms with Crippen LogP contribution < -0.4 is 14.2 Å². The number of carboxylic acid groups (broad SMARTS) is 1. The number of nitrogens with zero attached hydrogens (tertiary/aromatic N) is 2. The van der Waals surface area contributed by atoms with Gasteiger partial charge < -0.3 is 28.8 Å². The number of carbonyl (C=O) groups is 2. The molecule has 4 aromatic rings. The molecule has 1 heterocycles. The first-order chi connectivity index (χ1) is 19.4. The number of oxazole rings is 1. The van der Waals surface area contributed by atoms with Crippen molar-refractivity contribution in [3.63, 3.8) is 0 Å². The lowest BCUT2D eigenvalue weighted by atomic mass is 10.1. The Kier molecular flexibility index (Phi) is 9.37. The van der Waals surface area contributed by atoms with E-state index in [4.69, 9.17) is 18.6 Å². The maximum atomic E-state index is 12.9. The van der Waals surface area contributed by atoms with Crippen LogP contribution in [0.15, 0.2) is 83.3 Å². The van der Waals surface area contributed by atoms with Gasteiger partial charge in [0.1, 0.15) is 30.4 Å². The first-order valence-electron chi connectivity index (χ1n) is 12.6. The van der Waals surface area contributed by atoms with Crippen LogP contribution >= 0.6 is 0 Å². The van der Waals surface area contributed by atoms with Gasteiger partial charge in [0, 0.05) is 12.0 Å². The SMILES string of the molecule is COc1ccc(OC(=O)N(CC(=O)O)[C@@H](C)c2ccc(OCCc3nc(-c4ccccc4)oc3CO)cc2)cc1. The van der Waals surface area contributed by atoms with Gasteiger partial charge in [-0.05, 0) is 61.0 Å². The van der Waals surface area contributed by atoms with E-state index in [1.54, 1.807) is 55.5 Å². The second-order valence-corrected chi connectivity index (χ2v) is 8.82. The molecule has 2 N–H and O–H groups in total. The number of aromatic nitrogens is 1. The molecule has 1 aromatic heterocycles. The molecule has 0 aliphatic heterocycles. The molecule has 0 saturated carbocycles. The first-order valence-corrected chi connectivity index (χ1v) is 12.6. The number of carboxylic acids is 1. The molecule has 208 valence electrons. The summed E-state index contributed by atoms with van der Waals surface area (Å²) in [7, 11) is 1.53. The Morgan fingerprint density at radius 1 is 0.950 bits per heavy atom. The molecule has 4 rings (SSSR count). The van der Waals surface area contributed by atoms with Gasteiger partial charge >= 0.3 is 12.1 Å². The highest BCUT2D eigenvalue weighted by atomic mass is 16.6. The smallest absolute Gasteiger partial charge is 0.416 e. The zero-order valence-electron chi connectivity index (χ0n) is 22.1. The van der Waals surface area contributed by atoms with Gasteiger partial charge in [-0.1, -0.05) is 30.3 Å². The fraction of sp³-hybridized carbons (Fsp3) is 0.233. The van der Waals surface area contributed by atoms with Crippen molar-refractivity contribution < 1.29 is 38.4 Å². The number of aliphatic hydroxyl groups is 1. The van der Waals surface area contributed by atoms with Crippen LogP contribution in [0, 0.1) is 0 Å². The predicted octanol–water partition coefficient (Wildman–Crippen LogP) is 5.11. The number of aliphatic carboxylic acids is 1. The number of ether oxygens (including phenoxy) is 3. The molecule has 0 bridgehead atoms. The quantitative estimate of drug-likeness (QED) is 0.249. The Balaban J connectivity index is 1.37. The van der Waals surface area contributed by atoms with Crippen molar-refractivity contribution >= 4 is 12.1 Å². The number of amides is 1. The highest BCUT2D eigenvalue weighted by molar-refractivity contribution is 5.78. The minimum absolute atomic E-state index is 0.268. The van der Waals surface area contributed by atoms with E-state index < -0.39 is 24.6 Å². The van der Waals surface area contributed by atoms with Crippen LogP contribution in [-0.2, 0) is 17.8 Å². The average molecular weight is 547 g/mol. The molecule has 0 unspecified atom stereocenters. The maximum Gasteiger partial charge on any atom is 0.416 e. The predicted molar refractivity (Wildman–Crippen MR) is 145 cm³/mol. The van der Waals surface area contributed by atoms with Crippen LogP contribution in [0.5, 0.6) is 17.2 Å². The monoisotopic (exact) mass is 546 g/mol. The highest BCUT2D eigenvalue weighted by Gasteiger charge is 2.26. The number of hydrogen-bond donors (Lipinski definition) is 2. The summed E-state index contributed by atoms with van der Waals surface area (Å²) in [5, 5.41) is 19.1. The van der Waals surface area contributed by atoms with E-state index in [0.717, 1.165) is 10.5 Å². The van der Waals surface area contributed by atoms with E-state index in [2.05, 4.69) is 4.98 Å². The van der Waals surface area contributed by atoms with Gasteiger partial charge in [0.2, 0.25) is 5.89 Å². The van der Waals surface area contributed by atoms with Crippen molar-refractivity contribution in [3.8, 4) is 28.7 Å². The number of aliphatic hydroxyl groups excluding tert-OH is 1. The highest BCUT2D eigenvalue weighted by Crippen LogP contribution is 2.26. The lowest BCUT2D eigenvalue weighted by molar-refractivity contribution is -0.138. The fourth-order valence-electron chi connectivity index (χ4n) is 4.00. The van der Waals surface area contributed by atoms with Crippen molar-refractivity contribution in [2.24, 2.45) is 0 Å². The van der Waals surface area contributed by atoms with Crippen LogP contribution in [0.4, 0.5) is 4.79 Å². The van der Waals surface area contributed by atoms with Gasteiger partial charge in [-0.3, -0.25) is 9.69 Å². The van der Waals surface area contributed by atoms with Crippen molar-refractivity contribution in [1.29, 1.82) is 0 Å². The third-order valence-electron chi connectivity index (χ3n) is 6.18. The van der Waals surface area contributed by atoms with Gasteiger partial charge in [0.05, 0.1) is 25.5 Å². The lowest BCUT2D eigenvalue weighted by Gasteiger charge is -2.27. The third kappa shape index (κ3) is 7.17. The van der Waals surface area contributed by atoms with Crippen LogP contribution in [-0.4, -0.2) is 52.4 Å². The molecular formula is C30H30N2O8. The third-order valence-corrected chi connectivity index (χ3v) is 6.18. The summed E-state index contributed by atoms with van der Waals surface area (Å²) in [6, 6.07) is 22.3. The zero-order valence-corrected chi connectivity index (χ0v) is 22.1. The molecule has 0 aliphatic rings. The minimum atomic E-state index is -1.16. The minimum Gasteiger partial charge on any atom is -0.497 e. The van der Waals surface area contributed by atoms with Crippen LogP contribution in [0.3, 0.4) is 0 Å². The summed E-state index contributed by atoms with van der Waals surface area (Å²) >= 11 is 0. The second kappa shape index (κ2) is 13.3. The maximum absolute atomic E-state index is 12.9. The lowest BCUT2D eigenvalue weighted by Crippen LogP contribution is -2.39. The normalized spacial score (nSPS) is 11.5. The van der Waals surface area contributed by atoms with Crippen LogP contribution in [0.1, 0.15) is 30.0 Å². The fourth-order valence-corrected chi connectivity index (χ4v) is 4.00. The number of rotatable bonds is 12. The Morgan fingerprint density at radius 3 is 2.23 bits per heavy atom. The summed E-state index contributed by atoms with van der Waals surface area (Å²) in [5.74, 6) is 1.12. The number of benzene rings is 3. The van der Waals surface area contributed by atoms with Gasteiger partial charge in [-0.25, -0.2) is 9.78 Å². The van der Waals surface area contributed by atoms with E-state index in [1.807, 2.05) is 30.3 Å². The van der Waals surface area contributed by atoms with Crippen molar-refractivity contribution in [1.82, 2.24) is 9.88 Å². The van der Waals surface area contributed by atoms with Crippen molar-refractivity contribution in [2.75, 3.05) is 20.3 Å². The van der Waals surface area contributed by atoms with E-state index in [0.29, 0.717) is 47.4 Å². The molecule has 40 heavy (non-hydrogen) atoms. The first kappa shape index (κ1) is 28.2. The molecule has 10 nitrogen and oxygen atoms in total. The summed E-state index contributed by atoms with van der Waals surface area (Å²) < 4.78 is 22.1. The molecule has 10 heteroatoms. The Bertz CT molecular complexity index is 1400. The molecule has 0 radical (unpaired) electrons. The number of carbonyl (C=O) groups excluding carboxylic acids is 1. The number of hydrogen-bond acceptors (Lipinski definition) is 8. The summed E-state index contributed by atoms with van der Waals surface area (Å²) in [5.41, 5.74) is 2.14. The zero-order chi connectivity index (χ0) is 28.5. The van der Waals surface area contributed by atoms with Crippen molar-refractivity contribution in [2.45, 2.75) is 26.0 Å². The number of methoxy groups -OCH3 is 1. The van der Waals surface area contributed by atoms with Crippen molar-refractivity contribution in [3.05, 3.63) is 95.9 Å². The summed E-state index contributed by atoms with van der Waals surface area (Å²) in [4.78, 5) is 30.0. The second-order valence-electron chi connectivity index (χ2n) is 8.82. The molecule has 0 aliphatic carbocycles. The van der Waals surface area contributed by atoms with Crippen LogP contribution in [0.2, 0.25) is 0 Å². The van der Waals surface area contributed by atoms with E-state index in [-0.39, 0.29) is 12.4 Å². The molecule has 0 saturated heterocycles. The summed E-state index contributed by atoms with van der Waals surface area (Å²) in [6.45, 7) is 1.21. The largest absolute Gasteiger partial charge is 0.497 e. The molecule has 3 aromatic carbocycles. The van der Waals surface area contributed by atoms with Gasteiger partial charge in [-0.15, -0.1) is 0 Å². The standard InChI is InChI=1S/C30H30N2O8/c1-20(32(18-28(34)35)30(36)39-25-14-12-23(37-2)13-15-25)21-8-10-24(11-9-21)38-17-16-26-27(19-33)40-29(31-26)22-6-4-3-5-7-22/h3-15,20,33H,16-19H2,1-2H3,(H,34,35)/t20-/m0/s1. The molecule has 0 fully saturated rings. The molecule has 1 amide bonds. The van der Waals surface area contributed by atoms with E-state index in [9.17, 15) is 19.8 Å². The summed E-state index contributed by atoms with van der Waals surface area (Å²) in [6.07, 6.45) is -0.365. The van der Waals surface area contributed by atoms with E-state index in [1.165, 1.54) is 7.11 Å². The average Bonchev–Trinajstić information content (AvgIpc) is 3.40. The Hall–Kier alpha value is -4.83. The van der Waals surface area contributed by atoms with E-state index >= 15 is 0 Å². The van der Waals surface area contributed by atoms with Gasteiger partial charge in [-0.2, -0.15) is 0 Å². The van der Waals surface area contributed by atoms with Gasteiger partial charge in [0.15, 0.2) is 5.76 Å². The molecule has 0 spiro atoms. The Morgan fingerprint density at radius 2 is 1.60 bits per heavy atom. The molecule has 1 atom stereocenters. The van der Waals surface area contributed by atoms with Crippen LogP contribution in [0.25, 0.3) is 11.5 Å². The molecular weight excluding hydrogens is 516 g/mol. The topological polar surface area (TPSA) is 132 Å². The Labute approximate surface area is 231 Å².